The highest BCUT2D eigenvalue weighted by molar-refractivity contribution is 6.32. The number of aromatic nitrogens is 3. The molecule has 3 rings (SSSR count). The van der Waals surface area contributed by atoms with E-state index in [4.69, 9.17) is 11.6 Å². The van der Waals surface area contributed by atoms with E-state index in [2.05, 4.69) is 15.5 Å². The van der Waals surface area contributed by atoms with Crippen LogP contribution in [0.1, 0.15) is 5.82 Å². The lowest BCUT2D eigenvalue weighted by Crippen LogP contribution is -2.31. The number of amides is 2. The van der Waals surface area contributed by atoms with Crippen LogP contribution in [-0.4, -0.2) is 37.5 Å². The molecule has 0 aliphatic carbocycles. The molecule has 0 radical (unpaired) electrons. The fourth-order valence-electron chi connectivity index (χ4n) is 2.23. The molecule has 0 aliphatic rings. The molecule has 10 heteroatoms. The van der Waals surface area contributed by atoms with Crippen molar-refractivity contribution in [1.82, 2.24) is 19.5 Å². The minimum atomic E-state index is -0.607. The number of carbonyl (C=O) groups is 1. The van der Waals surface area contributed by atoms with Crippen LogP contribution in [0.4, 0.5) is 16.2 Å². The molecule has 0 atom stereocenters. The zero-order valence-corrected chi connectivity index (χ0v) is 13.8. The van der Waals surface area contributed by atoms with Crippen LogP contribution in [0.5, 0.6) is 0 Å². The predicted octanol–water partition coefficient (Wildman–Crippen LogP) is 2.95. The summed E-state index contributed by atoms with van der Waals surface area (Å²) in [6, 6.07) is 9.12. The van der Waals surface area contributed by atoms with Crippen LogP contribution in [0.15, 0.2) is 42.6 Å². The van der Waals surface area contributed by atoms with Crippen LogP contribution in [0, 0.1) is 10.1 Å². The number of nitro groups is 1. The van der Waals surface area contributed by atoms with Gasteiger partial charge in [-0.15, -0.1) is 10.2 Å². The molecule has 1 N–H and O–H groups in total. The van der Waals surface area contributed by atoms with E-state index in [9.17, 15) is 14.9 Å². The molecule has 0 fully saturated rings. The highest BCUT2D eigenvalue weighted by atomic mass is 35.5. The predicted molar refractivity (Wildman–Crippen MR) is 91.6 cm³/mol. The first-order valence-electron chi connectivity index (χ1n) is 7.20. The minimum absolute atomic E-state index is 0.00582. The van der Waals surface area contributed by atoms with Crippen LogP contribution in [0.25, 0.3) is 5.65 Å². The highest BCUT2D eigenvalue weighted by Crippen LogP contribution is 2.27. The van der Waals surface area contributed by atoms with Gasteiger partial charge in [-0.3, -0.25) is 14.5 Å². The van der Waals surface area contributed by atoms with E-state index in [0.29, 0.717) is 11.5 Å². The van der Waals surface area contributed by atoms with Gasteiger partial charge >= 0.3 is 6.03 Å². The summed E-state index contributed by atoms with van der Waals surface area (Å²) in [4.78, 5) is 24.0. The van der Waals surface area contributed by atoms with E-state index >= 15 is 0 Å². The molecule has 2 aromatic heterocycles. The Morgan fingerprint density at radius 3 is 2.92 bits per heavy atom. The van der Waals surface area contributed by atoms with Crippen LogP contribution in [0.2, 0.25) is 5.02 Å². The lowest BCUT2D eigenvalue weighted by molar-refractivity contribution is -0.384. The summed E-state index contributed by atoms with van der Waals surface area (Å²) < 4.78 is 1.77. The number of fused-ring (bicyclic) bond motifs is 1. The molecule has 0 saturated carbocycles. The Labute approximate surface area is 147 Å². The van der Waals surface area contributed by atoms with E-state index in [-0.39, 0.29) is 22.9 Å². The molecule has 0 spiro atoms. The van der Waals surface area contributed by atoms with E-state index in [1.165, 1.54) is 23.1 Å². The summed E-state index contributed by atoms with van der Waals surface area (Å²) in [7, 11) is 1.59. The largest absolute Gasteiger partial charge is 0.321 e. The third-order valence-electron chi connectivity index (χ3n) is 3.50. The van der Waals surface area contributed by atoms with Crippen molar-refractivity contribution in [2.45, 2.75) is 6.54 Å². The van der Waals surface area contributed by atoms with E-state index in [1.54, 1.807) is 17.6 Å². The number of halogens is 1. The molecule has 25 heavy (non-hydrogen) atoms. The number of hydrogen-bond donors (Lipinski definition) is 1. The van der Waals surface area contributed by atoms with Gasteiger partial charge in [-0.25, -0.2) is 4.79 Å². The van der Waals surface area contributed by atoms with Crippen molar-refractivity contribution in [3.63, 3.8) is 0 Å². The number of nitrogens with zero attached hydrogens (tertiary/aromatic N) is 5. The number of urea groups is 1. The quantitative estimate of drug-likeness (QED) is 0.568. The standard InChI is InChI=1S/C15H13ClN6O3/c1-20(9-14-19-18-13-4-2-3-7-21(13)14)15(23)17-10-5-6-11(16)12(8-10)22(24)25/h2-8H,9H2,1H3,(H,17,23). The summed E-state index contributed by atoms with van der Waals surface area (Å²) in [5.41, 5.74) is 0.684. The summed E-state index contributed by atoms with van der Waals surface area (Å²) >= 11 is 5.76. The van der Waals surface area contributed by atoms with Crippen molar-refractivity contribution in [2.75, 3.05) is 12.4 Å². The topological polar surface area (TPSA) is 106 Å². The zero-order valence-electron chi connectivity index (χ0n) is 13.1. The number of benzene rings is 1. The number of hydrogen-bond acceptors (Lipinski definition) is 5. The molecule has 2 amide bonds. The van der Waals surface area contributed by atoms with Gasteiger partial charge in [0, 0.05) is 25.0 Å². The highest BCUT2D eigenvalue weighted by Gasteiger charge is 2.16. The number of anilines is 1. The second-order valence-electron chi connectivity index (χ2n) is 5.25. The van der Waals surface area contributed by atoms with Gasteiger partial charge in [0.2, 0.25) is 0 Å². The van der Waals surface area contributed by atoms with Gasteiger partial charge in [0.1, 0.15) is 5.02 Å². The van der Waals surface area contributed by atoms with Crippen molar-refractivity contribution >= 4 is 34.7 Å². The number of pyridine rings is 1. The van der Waals surface area contributed by atoms with Gasteiger partial charge in [0.15, 0.2) is 11.5 Å². The number of carbonyl (C=O) groups excluding carboxylic acids is 1. The molecule has 3 aromatic rings. The fourth-order valence-corrected chi connectivity index (χ4v) is 2.42. The maximum atomic E-state index is 12.3. The Morgan fingerprint density at radius 1 is 1.36 bits per heavy atom. The van der Waals surface area contributed by atoms with Crippen LogP contribution in [0.3, 0.4) is 0 Å². The van der Waals surface area contributed by atoms with E-state index < -0.39 is 11.0 Å². The second kappa shape index (κ2) is 6.73. The first-order valence-corrected chi connectivity index (χ1v) is 7.58. The Bertz CT molecular complexity index is 957. The van der Waals surface area contributed by atoms with Gasteiger partial charge < -0.3 is 10.2 Å². The molecule has 0 saturated heterocycles. The van der Waals surface area contributed by atoms with Gasteiger partial charge in [0.25, 0.3) is 5.69 Å². The molecule has 128 valence electrons. The number of nitro benzene ring substituents is 1. The van der Waals surface area contributed by atoms with Crippen molar-refractivity contribution < 1.29 is 9.72 Å². The molecule has 0 unspecified atom stereocenters. The van der Waals surface area contributed by atoms with Crippen molar-refractivity contribution in [3.05, 3.63) is 63.6 Å². The Kier molecular flexibility index (Phi) is 4.48. The van der Waals surface area contributed by atoms with E-state index in [1.807, 2.05) is 18.2 Å². The van der Waals surface area contributed by atoms with Crippen molar-refractivity contribution in [1.29, 1.82) is 0 Å². The smallest absolute Gasteiger partial charge is 0.320 e. The van der Waals surface area contributed by atoms with Crippen LogP contribution in [-0.2, 0) is 6.54 Å². The maximum Gasteiger partial charge on any atom is 0.321 e. The summed E-state index contributed by atoms with van der Waals surface area (Å²) in [6.07, 6.45) is 1.80. The number of rotatable bonds is 4. The monoisotopic (exact) mass is 360 g/mol. The molecular formula is C15H13ClN6O3. The fraction of sp³-hybridized carbons (Fsp3) is 0.133. The van der Waals surface area contributed by atoms with Crippen LogP contribution < -0.4 is 5.32 Å². The Balaban J connectivity index is 1.73. The summed E-state index contributed by atoms with van der Waals surface area (Å²) in [6.45, 7) is 0.215. The maximum absolute atomic E-state index is 12.3. The van der Waals surface area contributed by atoms with Crippen molar-refractivity contribution in [2.24, 2.45) is 0 Å². The summed E-state index contributed by atoms with van der Waals surface area (Å²) in [5.74, 6) is 0.593. The second-order valence-corrected chi connectivity index (χ2v) is 5.66. The molecule has 2 heterocycles. The summed E-state index contributed by atoms with van der Waals surface area (Å²) in [5, 5.41) is 21.6. The van der Waals surface area contributed by atoms with Gasteiger partial charge in [-0.1, -0.05) is 17.7 Å². The van der Waals surface area contributed by atoms with Crippen LogP contribution >= 0.6 is 11.6 Å². The lowest BCUT2D eigenvalue weighted by Gasteiger charge is -2.17. The normalized spacial score (nSPS) is 10.6. The molecule has 1 aromatic carbocycles. The average molecular weight is 361 g/mol. The third kappa shape index (κ3) is 3.50. The lowest BCUT2D eigenvalue weighted by atomic mass is 10.3. The Hall–Kier alpha value is -3.20. The van der Waals surface area contributed by atoms with Gasteiger partial charge in [-0.2, -0.15) is 0 Å². The molecule has 0 aliphatic heterocycles. The SMILES string of the molecule is CN(Cc1nnc2ccccn12)C(=O)Nc1ccc(Cl)c([N+](=O)[O-])c1. The third-order valence-corrected chi connectivity index (χ3v) is 3.82. The first-order chi connectivity index (χ1) is 12.0. The molecular weight excluding hydrogens is 348 g/mol. The first kappa shape index (κ1) is 16.7. The average Bonchev–Trinajstić information content (AvgIpc) is 2.99. The molecule has 0 bridgehead atoms. The van der Waals surface area contributed by atoms with Gasteiger partial charge in [0.05, 0.1) is 11.5 Å². The van der Waals surface area contributed by atoms with Crippen molar-refractivity contribution in [3.8, 4) is 0 Å². The molecule has 9 nitrogen and oxygen atoms in total. The van der Waals surface area contributed by atoms with Gasteiger partial charge in [-0.05, 0) is 24.3 Å². The minimum Gasteiger partial charge on any atom is -0.320 e. The zero-order chi connectivity index (χ0) is 18.0. The van der Waals surface area contributed by atoms with E-state index in [0.717, 1.165) is 0 Å². The number of nitrogens with one attached hydrogen (secondary N) is 1. The Morgan fingerprint density at radius 2 is 2.16 bits per heavy atom.